The molecule has 1 atom stereocenters. The summed E-state index contributed by atoms with van der Waals surface area (Å²) in [7, 11) is 0. The van der Waals surface area contributed by atoms with Crippen molar-refractivity contribution in [3.63, 3.8) is 0 Å². The van der Waals surface area contributed by atoms with Crippen molar-refractivity contribution in [1.82, 2.24) is 15.5 Å². The Morgan fingerprint density at radius 1 is 1.22 bits per heavy atom. The number of aromatic nitrogens is 2. The average molecular weight is 353 g/mol. The summed E-state index contributed by atoms with van der Waals surface area (Å²) in [4.78, 5) is 24.7. The van der Waals surface area contributed by atoms with Gasteiger partial charge >= 0.3 is 0 Å². The summed E-state index contributed by atoms with van der Waals surface area (Å²) in [6.07, 6.45) is 0. The van der Waals surface area contributed by atoms with Crippen LogP contribution in [0.25, 0.3) is 0 Å². The third-order valence-corrected chi connectivity index (χ3v) is 4.19. The molecule has 23 heavy (non-hydrogen) atoms. The van der Waals surface area contributed by atoms with Crippen LogP contribution in [0, 0.1) is 12.8 Å². The Balaban J connectivity index is 2.10. The van der Waals surface area contributed by atoms with Gasteiger partial charge in [-0.1, -0.05) is 48.9 Å². The van der Waals surface area contributed by atoms with E-state index in [1.54, 1.807) is 31.2 Å². The lowest BCUT2D eigenvalue weighted by Crippen LogP contribution is -2.47. The van der Waals surface area contributed by atoms with Gasteiger partial charge in [-0.2, -0.15) is 0 Å². The molecule has 1 aromatic carbocycles. The molecular weight excluding hydrogens is 336 g/mol. The topological polar surface area (TPSA) is 84.0 Å². The zero-order valence-electron chi connectivity index (χ0n) is 13.0. The quantitative estimate of drug-likeness (QED) is 0.866. The normalized spacial score (nSPS) is 12.0. The number of benzene rings is 1. The fourth-order valence-corrected chi connectivity index (χ4v) is 2.75. The third kappa shape index (κ3) is 4.49. The summed E-state index contributed by atoms with van der Waals surface area (Å²) in [5.41, 5.74) is 0.333. The van der Waals surface area contributed by atoms with E-state index >= 15 is 0 Å². The molecule has 2 N–H and O–H groups in total. The molecule has 2 aromatic rings. The Hall–Kier alpha value is -1.99. The van der Waals surface area contributed by atoms with Gasteiger partial charge in [0, 0.05) is 0 Å². The Labute approximate surface area is 143 Å². The molecule has 0 aliphatic carbocycles. The molecule has 0 saturated carbocycles. The van der Waals surface area contributed by atoms with Gasteiger partial charge in [-0.25, -0.2) is 0 Å². The standard InChI is InChI=1S/C15H17ClN4O2S/c1-8(2)12(14(22)18-15-20-19-9(3)23-15)17-13(21)10-6-4-5-7-11(10)16/h4-8,12H,1-3H3,(H,17,21)(H,18,20,22). The molecular formula is C15H17ClN4O2S. The number of aryl methyl sites for hydroxylation is 1. The summed E-state index contributed by atoms with van der Waals surface area (Å²) in [5, 5.41) is 14.6. The SMILES string of the molecule is Cc1nnc(NC(=O)C(NC(=O)c2ccccc2Cl)C(C)C)s1. The first kappa shape index (κ1) is 17.4. The maximum atomic E-state index is 12.4. The minimum absolute atomic E-state index is 0.101. The predicted molar refractivity (Wildman–Crippen MR) is 90.8 cm³/mol. The van der Waals surface area contributed by atoms with Gasteiger partial charge in [-0.05, 0) is 25.0 Å². The first-order valence-electron chi connectivity index (χ1n) is 7.05. The lowest BCUT2D eigenvalue weighted by atomic mass is 10.0. The van der Waals surface area contributed by atoms with E-state index in [1.807, 2.05) is 13.8 Å². The van der Waals surface area contributed by atoms with Gasteiger partial charge in [0.25, 0.3) is 5.91 Å². The molecule has 0 radical (unpaired) electrons. The molecule has 6 nitrogen and oxygen atoms in total. The number of nitrogens with zero attached hydrogens (tertiary/aromatic N) is 2. The van der Waals surface area contributed by atoms with Crippen molar-refractivity contribution in [2.24, 2.45) is 5.92 Å². The van der Waals surface area contributed by atoms with Crippen molar-refractivity contribution >= 4 is 39.9 Å². The largest absolute Gasteiger partial charge is 0.340 e. The van der Waals surface area contributed by atoms with Gasteiger partial charge in [0.2, 0.25) is 11.0 Å². The lowest BCUT2D eigenvalue weighted by Gasteiger charge is -2.21. The van der Waals surface area contributed by atoms with Gasteiger partial charge in [0.1, 0.15) is 11.0 Å². The Kier molecular flexibility index (Phi) is 5.68. The van der Waals surface area contributed by atoms with Crippen LogP contribution in [-0.2, 0) is 4.79 Å². The minimum Gasteiger partial charge on any atom is -0.340 e. The second kappa shape index (κ2) is 7.52. The second-order valence-corrected chi connectivity index (χ2v) is 6.88. The van der Waals surface area contributed by atoms with Crippen LogP contribution in [-0.4, -0.2) is 28.1 Å². The third-order valence-electron chi connectivity index (χ3n) is 3.11. The Morgan fingerprint density at radius 3 is 2.48 bits per heavy atom. The molecule has 8 heteroatoms. The van der Waals surface area contributed by atoms with Crippen LogP contribution < -0.4 is 10.6 Å². The molecule has 0 aliphatic heterocycles. The van der Waals surface area contributed by atoms with Gasteiger partial charge in [-0.15, -0.1) is 10.2 Å². The summed E-state index contributed by atoms with van der Waals surface area (Å²) in [6, 6.07) is 5.99. The molecule has 2 rings (SSSR count). The van der Waals surface area contributed by atoms with E-state index in [-0.39, 0.29) is 11.8 Å². The summed E-state index contributed by atoms with van der Waals surface area (Å²) in [6.45, 7) is 5.50. The minimum atomic E-state index is -0.706. The van der Waals surface area contributed by atoms with Crippen molar-refractivity contribution in [2.45, 2.75) is 26.8 Å². The molecule has 0 fully saturated rings. The lowest BCUT2D eigenvalue weighted by molar-refractivity contribution is -0.118. The monoisotopic (exact) mass is 352 g/mol. The number of hydrogen-bond acceptors (Lipinski definition) is 5. The van der Waals surface area contributed by atoms with Crippen LogP contribution in [0.2, 0.25) is 5.02 Å². The zero-order chi connectivity index (χ0) is 17.0. The van der Waals surface area contributed by atoms with Crippen molar-refractivity contribution < 1.29 is 9.59 Å². The van der Waals surface area contributed by atoms with Gasteiger partial charge in [-0.3, -0.25) is 14.9 Å². The number of carbonyl (C=O) groups is 2. The first-order chi connectivity index (χ1) is 10.9. The van der Waals surface area contributed by atoms with Gasteiger partial charge < -0.3 is 5.32 Å². The van der Waals surface area contributed by atoms with Crippen LogP contribution in [0.15, 0.2) is 24.3 Å². The fourth-order valence-electron chi connectivity index (χ4n) is 1.93. The van der Waals surface area contributed by atoms with Gasteiger partial charge in [0.15, 0.2) is 0 Å². The van der Waals surface area contributed by atoms with E-state index in [0.29, 0.717) is 15.7 Å². The van der Waals surface area contributed by atoms with E-state index in [1.165, 1.54) is 11.3 Å². The smallest absolute Gasteiger partial charge is 0.253 e. The Bertz CT molecular complexity index is 717. The van der Waals surface area contributed by atoms with Crippen molar-refractivity contribution in [3.05, 3.63) is 39.9 Å². The summed E-state index contributed by atoms with van der Waals surface area (Å²) >= 11 is 7.29. The highest BCUT2D eigenvalue weighted by Crippen LogP contribution is 2.17. The molecule has 0 bridgehead atoms. The van der Waals surface area contributed by atoms with E-state index in [9.17, 15) is 9.59 Å². The molecule has 0 saturated heterocycles. The number of nitrogens with one attached hydrogen (secondary N) is 2. The van der Waals surface area contributed by atoms with Gasteiger partial charge in [0.05, 0.1) is 10.6 Å². The highest BCUT2D eigenvalue weighted by atomic mass is 35.5. The van der Waals surface area contributed by atoms with Crippen molar-refractivity contribution in [3.8, 4) is 0 Å². The maximum absolute atomic E-state index is 12.4. The summed E-state index contributed by atoms with van der Waals surface area (Å²) in [5.74, 6) is -0.829. The Morgan fingerprint density at radius 2 is 1.91 bits per heavy atom. The van der Waals surface area contributed by atoms with E-state index < -0.39 is 11.9 Å². The van der Waals surface area contributed by atoms with Crippen molar-refractivity contribution in [1.29, 1.82) is 0 Å². The number of anilines is 1. The first-order valence-corrected chi connectivity index (χ1v) is 8.24. The zero-order valence-corrected chi connectivity index (χ0v) is 14.5. The van der Waals surface area contributed by atoms with Crippen LogP contribution in [0.1, 0.15) is 29.2 Å². The van der Waals surface area contributed by atoms with Crippen LogP contribution in [0.5, 0.6) is 0 Å². The van der Waals surface area contributed by atoms with Crippen LogP contribution in [0.3, 0.4) is 0 Å². The number of carbonyl (C=O) groups excluding carboxylic acids is 2. The number of rotatable bonds is 5. The van der Waals surface area contributed by atoms with Crippen LogP contribution >= 0.6 is 22.9 Å². The molecule has 0 spiro atoms. The number of amides is 2. The predicted octanol–water partition coefficient (Wildman–Crippen LogP) is 2.89. The van der Waals surface area contributed by atoms with Crippen LogP contribution in [0.4, 0.5) is 5.13 Å². The highest BCUT2D eigenvalue weighted by molar-refractivity contribution is 7.15. The molecule has 1 unspecified atom stereocenters. The molecule has 0 aliphatic rings. The van der Waals surface area contributed by atoms with E-state index in [2.05, 4.69) is 20.8 Å². The molecule has 122 valence electrons. The van der Waals surface area contributed by atoms with E-state index in [4.69, 9.17) is 11.6 Å². The molecule has 1 heterocycles. The highest BCUT2D eigenvalue weighted by Gasteiger charge is 2.26. The second-order valence-electron chi connectivity index (χ2n) is 5.29. The molecule has 1 aromatic heterocycles. The fraction of sp³-hybridized carbons (Fsp3) is 0.333. The average Bonchev–Trinajstić information content (AvgIpc) is 2.89. The molecule has 2 amide bonds. The number of hydrogen-bond donors (Lipinski definition) is 2. The maximum Gasteiger partial charge on any atom is 0.253 e. The summed E-state index contributed by atoms with van der Waals surface area (Å²) < 4.78 is 0. The number of halogens is 1. The van der Waals surface area contributed by atoms with E-state index in [0.717, 1.165) is 5.01 Å². The van der Waals surface area contributed by atoms with Crippen molar-refractivity contribution in [2.75, 3.05) is 5.32 Å².